The third-order valence-electron chi connectivity index (χ3n) is 2.81. The molecule has 0 aliphatic carbocycles. The molecule has 18 heavy (non-hydrogen) atoms. The summed E-state index contributed by atoms with van der Waals surface area (Å²) in [4.78, 5) is 8.52. The lowest BCUT2D eigenvalue weighted by Crippen LogP contribution is -2.09. The molecular formula is C14H18N4. The predicted octanol–water partition coefficient (Wildman–Crippen LogP) is 2.54. The molecule has 94 valence electrons. The Balaban J connectivity index is 2.31. The molecule has 2 aromatic rings. The van der Waals surface area contributed by atoms with Crippen molar-refractivity contribution in [1.82, 2.24) is 4.98 Å². The van der Waals surface area contributed by atoms with Gasteiger partial charge in [-0.2, -0.15) is 0 Å². The van der Waals surface area contributed by atoms with Crippen molar-refractivity contribution < 1.29 is 0 Å². The summed E-state index contributed by atoms with van der Waals surface area (Å²) in [5.74, 6) is 0.578. The summed E-state index contributed by atoms with van der Waals surface area (Å²) < 4.78 is 0. The maximum Gasteiger partial charge on any atom is 0.109 e. The Morgan fingerprint density at radius 1 is 1.39 bits per heavy atom. The van der Waals surface area contributed by atoms with Crippen LogP contribution in [0.1, 0.15) is 19.4 Å². The van der Waals surface area contributed by atoms with Crippen molar-refractivity contribution in [3.8, 4) is 0 Å². The van der Waals surface area contributed by atoms with Crippen molar-refractivity contribution in [1.29, 1.82) is 0 Å². The van der Waals surface area contributed by atoms with Gasteiger partial charge in [0, 0.05) is 17.3 Å². The van der Waals surface area contributed by atoms with Crippen molar-refractivity contribution in [3.63, 3.8) is 0 Å². The number of rotatable bonds is 4. The molecular weight excluding hydrogens is 224 g/mol. The normalized spacial score (nSPS) is 11.8. The van der Waals surface area contributed by atoms with Gasteiger partial charge < -0.3 is 11.1 Å². The molecule has 0 atom stereocenters. The van der Waals surface area contributed by atoms with E-state index in [1.54, 1.807) is 6.92 Å². The van der Waals surface area contributed by atoms with Crippen LogP contribution in [0.3, 0.4) is 0 Å². The van der Waals surface area contributed by atoms with Crippen LogP contribution in [0.15, 0.2) is 35.5 Å². The van der Waals surface area contributed by atoms with Crippen molar-refractivity contribution in [2.75, 3.05) is 12.0 Å². The summed E-state index contributed by atoms with van der Waals surface area (Å²) in [6, 6.07) is 8.31. The molecule has 2 rings (SSSR count). The zero-order valence-corrected chi connectivity index (χ0v) is 10.8. The summed E-state index contributed by atoms with van der Waals surface area (Å²) in [6.07, 6.45) is 2.83. The highest BCUT2D eigenvalue weighted by molar-refractivity contribution is 5.91. The number of hydrogen-bond donors (Lipinski definition) is 2. The number of aryl methyl sites for hydroxylation is 1. The molecule has 0 spiro atoms. The van der Waals surface area contributed by atoms with Gasteiger partial charge in [0.1, 0.15) is 6.67 Å². The van der Waals surface area contributed by atoms with E-state index in [0.29, 0.717) is 12.5 Å². The van der Waals surface area contributed by atoms with Crippen molar-refractivity contribution in [2.24, 2.45) is 10.7 Å². The minimum atomic E-state index is 0.483. The van der Waals surface area contributed by atoms with Gasteiger partial charge in [0.05, 0.1) is 11.4 Å². The topological polar surface area (TPSA) is 63.3 Å². The molecule has 4 heteroatoms. The van der Waals surface area contributed by atoms with Gasteiger partial charge in [-0.1, -0.05) is 19.1 Å². The number of fused-ring (bicyclic) bond motifs is 1. The molecule has 0 bridgehead atoms. The first-order chi connectivity index (χ1) is 8.70. The van der Waals surface area contributed by atoms with Crippen molar-refractivity contribution >= 4 is 22.4 Å². The quantitative estimate of drug-likeness (QED) is 0.639. The Morgan fingerprint density at radius 2 is 2.22 bits per heavy atom. The van der Waals surface area contributed by atoms with Gasteiger partial charge in [-0.3, -0.25) is 9.98 Å². The Morgan fingerprint density at radius 3 is 2.94 bits per heavy atom. The van der Waals surface area contributed by atoms with Crippen LogP contribution in [-0.4, -0.2) is 17.5 Å². The van der Waals surface area contributed by atoms with Crippen LogP contribution in [0.5, 0.6) is 0 Å². The summed E-state index contributed by atoms with van der Waals surface area (Å²) in [5.41, 5.74) is 8.84. The zero-order valence-electron chi connectivity index (χ0n) is 10.8. The molecule has 0 unspecified atom stereocenters. The second kappa shape index (κ2) is 5.49. The number of amidine groups is 1. The van der Waals surface area contributed by atoms with Crippen LogP contribution in [0.2, 0.25) is 0 Å². The highest BCUT2D eigenvalue weighted by Gasteiger charge is 2.01. The second-order valence-corrected chi connectivity index (χ2v) is 4.20. The number of aromatic nitrogens is 1. The molecule has 0 amide bonds. The molecule has 0 fully saturated rings. The van der Waals surface area contributed by atoms with Gasteiger partial charge in [0.15, 0.2) is 0 Å². The van der Waals surface area contributed by atoms with E-state index in [9.17, 15) is 0 Å². The van der Waals surface area contributed by atoms with Gasteiger partial charge >= 0.3 is 0 Å². The zero-order chi connectivity index (χ0) is 13.0. The Bertz CT molecular complexity index is 571. The highest BCUT2D eigenvalue weighted by Crippen LogP contribution is 2.22. The summed E-state index contributed by atoms with van der Waals surface area (Å²) >= 11 is 0. The van der Waals surface area contributed by atoms with E-state index < -0.39 is 0 Å². The second-order valence-electron chi connectivity index (χ2n) is 4.20. The molecule has 4 nitrogen and oxygen atoms in total. The Kier molecular flexibility index (Phi) is 3.77. The molecule has 0 aliphatic rings. The Hall–Kier alpha value is -2.10. The van der Waals surface area contributed by atoms with Gasteiger partial charge in [0.25, 0.3) is 0 Å². The molecule has 3 N–H and O–H groups in total. The Labute approximate surface area is 107 Å². The van der Waals surface area contributed by atoms with Crippen LogP contribution in [0.25, 0.3) is 10.9 Å². The number of hydrogen-bond acceptors (Lipinski definition) is 3. The summed E-state index contributed by atoms with van der Waals surface area (Å²) in [5, 5.41) is 4.36. The van der Waals surface area contributed by atoms with E-state index in [1.165, 1.54) is 5.56 Å². The number of nitrogens with two attached hydrogens (primary N) is 1. The maximum absolute atomic E-state index is 5.50. The number of nitrogens with zero attached hydrogens (tertiary/aromatic N) is 2. The van der Waals surface area contributed by atoms with Crippen LogP contribution in [0.4, 0.5) is 5.69 Å². The van der Waals surface area contributed by atoms with Crippen molar-refractivity contribution in [2.45, 2.75) is 20.3 Å². The molecule has 0 saturated heterocycles. The van der Waals surface area contributed by atoms with Gasteiger partial charge in [0.2, 0.25) is 0 Å². The first-order valence-corrected chi connectivity index (χ1v) is 6.08. The number of anilines is 1. The molecule has 1 aromatic carbocycles. The van der Waals surface area contributed by atoms with E-state index >= 15 is 0 Å². The third-order valence-corrected chi connectivity index (χ3v) is 2.81. The first-order valence-electron chi connectivity index (χ1n) is 6.08. The fourth-order valence-electron chi connectivity index (χ4n) is 1.82. The number of benzene rings is 1. The fraction of sp³-hybridized carbons (Fsp3) is 0.286. The van der Waals surface area contributed by atoms with E-state index in [-0.39, 0.29) is 0 Å². The average molecular weight is 242 g/mol. The monoisotopic (exact) mass is 242 g/mol. The van der Waals surface area contributed by atoms with Gasteiger partial charge in [-0.25, -0.2) is 0 Å². The molecule has 1 heterocycles. The molecule has 1 aromatic heterocycles. The van der Waals surface area contributed by atoms with Crippen LogP contribution in [0, 0.1) is 0 Å². The lowest BCUT2D eigenvalue weighted by atomic mass is 10.1. The summed E-state index contributed by atoms with van der Waals surface area (Å²) in [7, 11) is 0. The smallest absolute Gasteiger partial charge is 0.109 e. The highest BCUT2D eigenvalue weighted by atomic mass is 15.0. The average Bonchev–Trinajstić information content (AvgIpc) is 2.38. The lowest BCUT2D eigenvalue weighted by Gasteiger charge is -2.08. The summed E-state index contributed by atoms with van der Waals surface area (Å²) in [6.45, 7) is 4.40. The van der Waals surface area contributed by atoms with Crippen molar-refractivity contribution in [3.05, 3.63) is 36.0 Å². The first kappa shape index (κ1) is 12.4. The maximum atomic E-state index is 5.50. The van der Waals surface area contributed by atoms with Gasteiger partial charge in [-0.05, 0) is 31.0 Å². The van der Waals surface area contributed by atoms with E-state index in [2.05, 4.69) is 40.4 Å². The number of nitrogens with one attached hydrogen (secondary N) is 1. The standard InChI is InChI=1S/C14H18N4/c1-3-11-4-5-12-13(18-9-17-10(2)15)6-7-16-14(12)8-11/h4-8H,3,9H2,1-2H3,(H2,15,17)(H,16,18). The van der Waals surface area contributed by atoms with Crippen LogP contribution >= 0.6 is 0 Å². The van der Waals surface area contributed by atoms with E-state index in [0.717, 1.165) is 23.0 Å². The van der Waals surface area contributed by atoms with Gasteiger partial charge in [-0.15, -0.1) is 0 Å². The lowest BCUT2D eigenvalue weighted by molar-refractivity contribution is 1.12. The molecule has 0 radical (unpaired) electrons. The van der Waals surface area contributed by atoms with Crippen LogP contribution in [-0.2, 0) is 6.42 Å². The number of aliphatic imine (C=N–C) groups is 1. The van der Waals surface area contributed by atoms with Crippen LogP contribution < -0.4 is 11.1 Å². The molecule has 0 aliphatic heterocycles. The fourth-order valence-corrected chi connectivity index (χ4v) is 1.82. The number of pyridine rings is 1. The van der Waals surface area contributed by atoms with E-state index in [4.69, 9.17) is 5.73 Å². The predicted molar refractivity (Wildman–Crippen MR) is 76.9 cm³/mol. The largest absolute Gasteiger partial charge is 0.388 e. The minimum Gasteiger partial charge on any atom is -0.388 e. The third kappa shape index (κ3) is 2.77. The SMILES string of the molecule is CCc1ccc2c(NC/N=C(/C)N)ccnc2c1. The minimum absolute atomic E-state index is 0.483. The molecule has 0 saturated carbocycles. The van der Waals surface area contributed by atoms with E-state index in [1.807, 2.05) is 12.3 Å².